The smallest absolute Gasteiger partial charge is 0.135 e. The predicted octanol–water partition coefficient (Wildman–Crippen LogP) is 5.91. The van der Waals surface area contributed by atoms with E-state index in [1.165, 1.54) is 0 Å². The van der Waals surface area contributed by atoms with Gasteiger partial charge in [-0.3, -0.25) is 0 Å². The summed E-state index contributed by atoms with van der Waals surface area (Å²) >= 11 is 1.55. The monoisotopic (exact) mass is 385 g/mol. The van der Waals surface area contributed by atoms with Gasteiger partial charge < -0.3 is 9.64 Å². The summed E-state index contributed by atoms with van der Waals surface area (Å²) in [4.78, 5) is 6.81. The molecule has 3 aromatic rings. The largest absolute Gasteiger partial charge is 0.497 e. The van der Waals surface area contributed by atoms with E-state index in [9.17, 15) is 5.26 Å². The van der Waals surface area contributed by atoms with Gasteiger partial charge in [-0.05, 0) is 55.8 Å². The van der Waals surface area contributed by atoms with E-state index >= 15 is 0 Å². The lowest BCUT2D eigenvalue weighted by Crippen LogP contribution is -2.21. The van der Waals surface area contributed by atoms with Crippen molar-refractivity contribution in [2.45, 2.75) is 13.8 Å². The number of thiazole rings is 1. The second kappa shape index (κ2) is 7.34. The highest BCUT2D eigenvalue weighted by Crippen LogP contribution is 2.35. The molecule has 2 heterocycles. The molecule has 4 nitrogen and oxygen atoms in total. The molecular formula is C23H19N3OS. The zero-order valence-corrected chi connectivity index (χ0v) is 16.7. The topological polar surface area (TPSA) is 49.1 Å². The van der Waals surface area contributed by atoms with Gasteiger partial charge in [0.05, 0.1) is 22.9 Å². The minimum Gasteiger partial charge on any atom is -0.497 e. The number of nitriles is 1. The molecule has 5 heteroatoms. The Hall–Kier alpha value is -3.36. The second-order valence-corrected chi connectivity index (χ2v) is 7.57. The van der Waals surface area contributed by atoms with Crippen LogP contribution in [0.2, 0.25) is 0 Å². The first-order chi connectivity index (χ1) is 13.6. The van der Waals surface area contributed by atoms with Crippen LogP contribution in [0.3, 0.4) is 0 Å². The standard InChI is InChI=1S/C23H19N3OS/c1-15-11-17(12-16(2)26(15)18-7-6-8-19(13-18)27-3)20(14-24)23-25-21-9-4-5-10-22(21)28-23/h4-13H,1-3H3. The third-order valence-corrected chi connectivity index (χ3v) is 5.71. The van der Waals surface area contributed by atoms with Crippen molar-refractivity contribution in [2.75, 3.05) is 12.0 Å². The van der Waals surface area contributed by atoms with Crippen LogP contribution in [-0.4, -0.2) is 12.1 Å². The maximum atomic E-state index is 9.85. The van der Waals surface area contributed by atoms with Gasteiger partial charge in [0.1, 0.15) is 16.8 Å². The number of nitrogens with zero attached hydrogens (tertiary/aromatic N) is 3. The van der Waals surface area contributed by atoms with Gasteiger partial charge in [0.2, 0.25) is 0 Å². The normalized spacial score (nSPS) is 13.8. The van der Waals surface area contributed by atoms with E-state index in [0.717, 1.165) is 43.6 Å². The van der Waals surface area contributed by atoms with Crippen LogP contribution in [0.4, 0.5) is 5.69 Å². The first-order valence-electron chi connectivity index (χ1n) is 8.92. The molecule has 0 amide bonds. The van der Waals surface area contributed by atoms with Crippen molar-refractivity contribution in [1.29, 1.82) is 5.26 Å². The highest BCUT2D eigenvalue weighted by molar-refractivity contribution is 7.19. The Morgan fingerprint density at radius 1 is 1.07 bits per heavy atom. The van der Waals surface area contributed by atoms with Gasteiger partial charge in [-0.1, -0.05) is 18.2 Å². The van der Waals surface area contributed by atoms with E-state index < -0.39 is 0 Å². The Labute approximate surface area is 168 Å². The zero-order valence-electron chi connectivity index (χ0n) is 15.9. The summed E-state index contributed by atoms with van der Waals surface area (Å²) in [6.45, 7) is 4.09. The Balaban J connectivity index is 1.78. The lowest BCUT2D eigenvalue weighted by atomic mass is 10.0. The van der Waals surface area contributed by atoms with E-state index in [0.29, 0.717) is 5.57 Å². The van der Waals surface area contributed by atoms with E-state index in [-0.39, 0.29) is 0 Å². The lowest BCUT2D eigenvalue weighted by Gasteiger charge is -2.30. The number of fused-ring (bicyclic) bond motifs is 1. The van der Waals surface area contributed by atoms with Crippen LogP contribution in [0.25, 0.3) is 15.8 Å². The second-order valence-electron chi connectivity index (χ2n) is 6.54. The van der Waals surface area contributed by atoms with E-state index in [1.54, 1.807) is 18.4 Å². The average molecular weight is 385 g/mol. The Morgan fingerprint density at radius 2 is 1.82 bits per heavy atom. The Bertz CT molecular complexity index is 1140. The minimum absolute atomic E-state index is 0.602. The van der Waals surface area contributed by atoms with Crippen molar-refractivity contribution in [3.05, 3.63) is 82.7 Å². The summed E-state index contributed by atoms with van der Waals surface area (Å²) in [6, 6.07) is 18.3. The van der Waals surface area contributed by atoms with Gasteiger partial charge in [-0.15, -0.1) is 11.3 Å². The SMILES string of the molecule is COc1cccc(N2C(C)=CC(=C(C#N)c3nc4ccccc4s3)C=C2C)c1. The molecule has 1 aliphatic heterocycles. The molecule has 28 heavy (non-hydrogen) atoms. The van der Waals surface area contributed by atoms with E-state index in [4.69, 9.17) is 4.74 Å². The average Bonchev–Trinajstić information content (AvgIpc) is 3.12. The van der Waals surface area contributed by atoms with Crippen molar-refractivity contribution in [1.82, 2.24) is 4.98 Å². The summed E-state index contributed by atoms with van der Waals surface area (Å²) < 4.78 is 6.44. The molecule has 0 aliphatic carbocycles. The maximum Gasteiger partial charge on any atom is 0.135 e. The predicted molar refractivity (Wildman–Crippen MR) is 115 cm³/mol. The maximum absolute atomic E-state index is 9.85. The van der Waals surface area contributed by atoms with Gasteiger partial charge >= 0.3 is 0 Å². The molecule has 2 aromatic carbocycles. The molecular weight excluding hydrogens is 366 g/mol. The highest BCUT2D eigenvalue weighted by Gasteiger charge is 2.20. The number of methoxy groups -OCH3 is 1. The van der Waals surface area contributed by atoms with Gasteiger partial charge in [0, 0.05) is 23.1 Å². The van der Waals surface area contributed by atoms with Crippen LogP contribution in [0.5, 0.6) is 5.75 Å². The van der Waals surface area contributed by atoms with Crippen LogP contribution in [0.1, 0.15) is 18.9 Å². The summed E-state index contributed by atoms with van der Waals surface area (Å²) in [5.74, 6) is 0.812. The molecule has 0 radical (unpaired) electrons. The van der Waals surface area contributed by atoms with Gasteiger partial charge in [0.25, 0.3) is 0 Å². The molecule has 0 spiro atoms. The fourth-order valence-electron chi connectivity index (χ4n) is 3.42. The molecule has 0 atom stereocenters. The molecule has 1 aromatic heterocycles. The summed E-state index contributed by atoms with van der Waals surface area (Å²) in [5, 5.41) is 10.6. The summed E-state index contributed by atoms with van der Waals surface area (Å²) in [6.07, 6.45) is 4.08. The highest BCUT2D eigenvalue weighted by atomic mass is 32.1. The minimum atomic E-state index is 0.602. The molecule has 0 fully saturated rings. The van der Waals surface area contributed by atoms with Crippen LogP contribution in [0, 0.1) is 11.3 Å². The summed E-state index contributed by atoms with van der Waals surface area (Å²) in [5.41, 5.74) is 5.51. The quantitative estimate of drug-likeness (QED) is 0.526. The molecule has 0 N–H and O–H groups in total. The van der Waals surface area contributed by atoms with Crippen molar-refractivity contribution in [2.24, 2.45) is 0 Å². The van der Waals surface area contributed by atoms with Crippen LogP contribution in [0.15, 0.2) is 77.7 Å². The lowest BCUT2D eigenvalue weighted by molar-refractivity contribution is 0.415. The number of aromatic nitrogens is 1. The third-order valence-electron chi connectivity index (χ3n) is 4.65. The molecule has 138 valence electrons. The molecule has 1 aliphatic rings. The fourth-order valence-corrected chi connectivity index (χ4v) is 4.40. The van der Waals surface area contributed by atoms with Crippen LogP contribution >= 0.6 is 11.3 Å². The third kappa shape index (κ3) is 3.19. The Kier molecular flexibility index (Phi) is 4.72. The number of rotatable bonds is 3. The number of para-hydroxylation sites is 1. The first-order valence-corrected chi connectivity index (χ1v) is 9.73. The number of benzene rings is 2. The van der Waals surface area contributed by atoms with Crippen LogP contribution < -0.4 is 9.64 Å². The van der Waals surface area contributed by atoms with Crippen molar-refractivity contribution in [3.8, 4) is 11.8 Å². The van der Waals surface area contributed by atoms with Crippen LogP contribution in [-0.2, 0) is 0 Å². The van der Waals surface area contributed by atoms with Crippen molar-refractivity contribution >= 4 is 32.8 Å². The molecule has 0 bridgehead atoms. The summed E-state index contributed by atoms with van der Waals surface area (Å²) in [7, 11) is 1.67. The number of hydrogen-bond donors (Lipinski definition) is 0. The van der Waals surface area contributed by atoms with Gasteiger partial charge in [-0.25, -0.2) is 4.98 Å². The Morgan fingerprint density at radius 3 is 2.50 bits per heavy atom. The van der Waals surface area contributed by atoms with Crippen molar-refractivity contribution < 1.29 is 4.74 Å². The molecule has 0 saturated heterocycles. The zero-order chi connectivity index (χ0) is 19.7. The van der Waals surface area contributed by atoms with Gasteiger partial charge in [-0.2, -0.15) is 5.26 Å². The molecule has 0 saturated carbocycles. The number of anilines is 1. The number of allylic oxidation sites excluding steroid dienone is 6. The number of ether oxygens (including phenoxy) is 1. The molecule has 4 rings (SSSR count). The molecule has 0 unspecified atom stereocenters. The van der Waals surface area contributed by atoms with Gasteiger partial charge in [0.15, 0.2) is 0 Å². The van der Waals surface area contributed by atoms with E-state index in [2.05, 4.69) is 16.0 Å². The van der Waals surface area contributed by atoms with Crippen molar-refractivity contribution in [3.63, 3.8) is 0 Å². The number of hydrogen-bond acceptors (Lipinski definition) is 5. The van der Waals surface area contributed by atoms with E-state index in [1.807, 2.05) is 74.5 Å². The first kappa shape index (κ1) is 18.0. The fraction of sp³-hybridized carbons (Fsp3) is 0.130.